The molecule has 1 aliphatic rings. The molecule has 0 N–H and O–H groups in total. The molecule has 4 heterocycles. The van der Waals surface area contributed by atoms with Gasteiger partial charge in [0.1, 0.15) is 5.82 Å². The van der Waals surface area contributed by atoms with Crippen LogP contribution in [0.3, 0.4) is 0 Å². The molecule has 9 heteroatoms. The van der Waals surface area contributed by atoms with Crippen LogP contribution in [0.4, 0.5) is 5.69 Å². The fraction of sp³-hybridized carbons (Fsp3) is 0.308. The van der Waals surface area contributed by atoms with Crippen LogP contribution in [0.25, 0.3) is 28.2 Å². The molecule has 1 radical (unpaired) electrons. The molecule has 0 fully saturated rings. The van der Waals surface area contributed by atoms with Crippen LogP contribution in [0, 0.1) is 12.1 Å². The quantitative estimate of drug-likeness (QED) is 0.141. The molecule has 0 atom stereocenters. The molecule has 0 aliphatic carbocycles. The van der Waals surface area contributed by atoms with Gasteiger partial charge in [-0.25, -0.2) is 9.78 Å². The van der Waals surface area contributed by atoms with E-state index in [-0.39, 0.29) is 38.2 Å². The zero-order valence-corrected chi connectivity index (χ0v) is 31.6. The second-order valence-corrected chi connectivity index (χ2v) is 14.0. The Labute approximate surface area is 298 Å². The summed E-state index contributed by atoms with van der Waals surface area (Å²) >= 11 is 0. The second kappa shape index (κ2) is 13.7. The summed E-state index contributed by atoms with van der Waals surface area (Å²) in [4.78, 5) is 23.9. The summed E-state index contributed by atoms with van der Waals surface area (Å²) < 4.78 is 5.54. The summed E-state index contributed by atoms with van der Waals surface area (Å²) in [6, 6.07) is 29.1. The third kappa shape index (κ3) is 6.22. The van der Waals surface area contributed by atoms with Gasteiger partial charge in [0.05, 0.1) is 0 Å². The van der Waals surface area contributed by atoms with Gasteiger partial charge in [-0.05, 0) is 69.6 Å². The minimum atomic E-state index is -0.106. The molecule has 249 valence electrons. The average molecular weight is 815 g/mol. The minimum Gasteiger partial charge on any atom is -0.436 e. The third-order valence-electron chi connectivity index (χ3n) is 9.13. The van der Waals surface area contributed by atoms with Gasteiger partial charge < -0.3 is 13.9 Å². The molecule has 7 rings (SSSR count). The van der Waals surface area contributed by atoms with Gasteiger partial charge in [-0.3, -0.25) is 9.55 Å². The van der Waals surface area contributed by atoms with Crippen molar-refractivity contribution in [2.75, 3.05) is 11.9 Å². The summed E-state index contributed by atoms with van der Waals surface area (Å²) in [5, 5.41) is 0. The Kier molecular flexibility index (Phi) is 10.0. The normalized spacial score (nSPS) is 12.5. The van der Waals surface area contributed by atoms with Crippen LogP contribution in [0.15, 0.2) is 90.1 Å². The van der Waals surface area contributed by atoms with Crippen molar-refractivity contribution in [2.24, 2.45) is 7.05 Å². The Balaban J connectivity index is 0.000000188. The fourth-order valence-corrected chi connectivity index (χ4v) is 6.60. The molecule has 0 amide bonds. The van der Waals surface area contributed by atoms with Crippen molar-refractivity contribution < 1.29 is 20.1 Å². The smallest absolute Gasteiger partial charge is 0.399 e. The number of para-hydroxylation sites is 1. The van der Waals surface area contributed by atoms with Crippen LogP contribution in [0.5, 0.6) is 0 Å². The third-order valence-corrected chi connectivity index (χ3v) is 9.13. The first kappa shape index (κ1) is 35.1. The number of pyridine rings is 1. The molecule has 0 saturated carbocycles. The summed E-state index contributed by atoms with van der Waals surface area (Å²) in [7, 11) is 3.95. The van der Waals surface area contributed by atoms with Gasteiger partial charge in [0.15, 0.2) is 0 Å². The van der Waals surface area contributed by atoms with E-state index in [0.29, 0.717) is 17.7 Å². The van der Waals surface area contributed by atoms with E-state index in [9.17, 15) is 4.79 Å². The van der Waals surface area contributed by atoms with Gasteiger partial charge in [-0.15, -0.1) is 30.3 Å². The van der Waals surface area contributed by atoms with Crippen molar-refractivity contribution in [1.82, 2.24) is 23.6 Å². The average Bonchev–Trinajstić information content (AvgIpc) is 3.64. The van der Waals surface area contributed by atoms with E-state index < -0.39 is 0 Å². The maximum absolute atomic E-state index is 12.5. The predicted molar refractivity (Wildman–Crippen MR) is 194 cm³/mol. The number of hydrogen-bond acceptors (Lipinski definition) is 4. The van der Waals surface area contributed by atoms with Crippen molar-refractivity contribution in [2.45, 2.75) is 65.7 Å². The van der Waals surface area contributed by atoms with E-state index in [1.807, 2.05) is 42.6 Å². The zero-order chi connectivity index (χ0) is 33.6. The number of aromatic nitrogens is 5. The van der Waals surface area contributed by atoms with E-state index in [0.717, 1.165) is 28.0 Å². The molecule has 0 bridgehead atoms. The molecule has 3 aromatic heterocycles. The Morgan fingerprint density at radius 1 is 0.833 bits per heavy atom. The van der Waals surface area contributed by atoms with Crippen molar-refractivity contribution in [1.29, 1.82) is 0 Å². The molecule has 7 nitrogen and oxygen atoms in total. The Hall–Kier alpha value is -4.20. The first-order valence-electron chi connectivity index (χ1n) is 16.3. The van der Waals surface area contributed by atoms with Crippen LogP contribution >= 0.6 is 0 Å². The Morgan fingerprint density at radius 3 is 2.17 bits per heavy atom. The van der Waals surface area contributed by atoms with Crippen LogP contribution in [0.1, 0.15) is 77.0 Å². The molecule has 48 heavy (non-hydrogen) atoms. The predicted octanol–water partition coefficient (Wildman–Crippen LogP) is 7.11. The van der Waals surface area contributed by atoms with E-state index in [2.05, 4.69) is 123 Å². The second-order valence-electron chi connectivity index (χ2n) is 14.0. The van der Waals surface area contributed by atoms with Crippen molar-refractivity contribution in [3.05, 3.63) is 125 Å². The Bertz CT molecular complexity index is 2090. The number of anilines is 1. The summed E-state index contributed by atoms with van der Waals surface area (Å²) in [6.45, 7) is 15.7. The van der Waals surface area contributed by atoms with Gasteiger partial charge in [0, 0.05) is 51.6 Å². The number of nitrogens with zero attached hydrogens (tertiary/aromatic N) is 6. The van der Waals surface area contributed by atoms with Crippen molar-refractivity contribution in [3.8, 4) is 17.2 Å². The van der Waals surface area contributed by atoms with Crippen LogP contribution < -0.4 is 16.0 Å². The van der Waals surface area contributed by atoms with Gasteiger partial charge >= 0.3 is 12.7 Å². The summed E-state index contributed by atoms with van der Waals surface area (Å²) in [6.07, 6.45) is 5.75. The van der Waals surface area contributed by atoms with Crippen LogP contribution in [0.2, 0.25) is 0 Å². The van der Waals surface area contributed by atoms with Gasteiger partial charge in [-0.2, -0.15) is 18.2 Å². The van der Waals surface area contributed by atoms with Crippen molar-refractivity contribution >= 4 is 29.2 Å². The molecule has 0 saturated heterocycles. The topological polar surface area (TPSA) is 60.9 Å². The molecule has 1 aliphatic heterocycles. The number of fused-ring (bicyclic) bond motifs is 4. The first-order chi connectivity index (χ1) is 22.4. The first-order valence-corrected chi connectivity index (χ1v) is 16.3. The molecular weight excluding hydrogens is 771 g/mol. The monoisotopic (exact) mass is 815 g/mol. The number of rotatable bonds is 4. The van der Waals surface area contributed by atoms with Crippen LogP contribution in [-0.4, -0.2) is 37.6 Å². The largest absolute Gasteiger partial charge is 0.436 e. The van der Waals surface area contributed by atoms with Gasteiger partial charge in [0.25, 0.3) is 0 Å². The number of benzene rings is 3. The number of aryl methyl sites for hydroxylation is 1. The SMILES string of the molecule is CC(C)c1cccc(C(C)C)c1B1N(C)c2ccc[c-]c2-c2nccn21.Cn1c(=O)n(-c2cc(C(C)(C)C)ccn2)c2[c-]cccc21.[Ir]. The fourth-order valence-electron chi connectivity index (χ4n) is 6.60. The van der Waals surface area contributed by atoms with E-state index in [1.165, 1.54) is 22.3 Å². The van der Waals surface area contributed by atoms with E-state index >= 15 is 0 Å². The number of imidazole rings is 2. The molecule has 3 aromatic carbocycles. The summed E-state index contributed by atoms with van der Waals surface area (Å²) in [5.41, 5.74) is 9.15. The van der Waals surface area contributed by atoms with Gasteiger partial charge in [0.2, 0.25) is 0 Å². The van der Waals surface area contributed by atoms with Gasteiger partial charge in [-0.1, -0.05) is 77.9 Å². The molecular formula is C39H43BIrN6O-2. The standard InChI is InChI=1S/C22H25BN3.C17H18N3O.Ir/c1-15(2)17-10-8-11-18(16(3)4)21(17)23-25(5)20-12-7-6-9-19(20)22-24-13-14-26(22)23;1-17(2,3)12-9-10-18-15(11-12)20-14-8-6-5-7-13(14)19(4)16(20)21;/h6-8,10-16H,1-5H3;5-7,9-11H,1-4H3;/q2*-1;. The van der Waals surface area contributed by atoms with E-state index in [1.54, 1.807) is 22.4 Å². The molecule has 6 aromatic rings. The molecule has 0 unspecified atom stereocenters. The zero-order valence-electron chi connectivity index (χ0n) is 29.2. The minimum absolute atomic E-state index is 0. The molecule has 0 spiro atoms. The Morgan fingerprint density at radius 2 is 1.50 bits per heavy atom. The van der Waals surface area contributed by atoms with Crippen LogP contribution in [-0.2, 0) is 32.6 Å². The maximum Gasteiger partial charge on any atom is 0.399 e. The maximum atomic E-state index is 12.5. The van der Waals surface area contributed by atoms with E-state index in [4.69, 9.17) is 0 Å². The number of hydrogen-bond donors (Lipinski definition) is 0. The van der Waals surface area contributed by atoms with Crippen molar-refractivity contribution in [3.63, 3.8) is 0 Å². The summed E-state index contributed by atoms with van der Waals surface area (Å²) in [5.74, 6) is 2.57.